The fraction of sp³-hybridized carbons (Fsp3) is 0.462. The number of nitrogens with one attached hydrogen (secondary N) is 1. The maximum atomic E-state index is 11.6. The molecule has 1 amide bonds. The Morgan fingerprint density at radius 3 is 2.89 bits per heavy atom. The molecule has 96 valence electrons. The molecule has 3 N–H and O–H groups in total. The third kappa shape index (κ3) is 1.59. The summed E-state index contributed by atoms with van der Waals surface area (Å²) in [6.45, 7) is 3.53. The number of ether oxygens (including phenoxy) is 2. The van der Waals surface area contributed by atoms with Gasteiger partial charge in [0, 0.05) is 6.54 Å². The van der Waals surface area contributed by atoms with Crippen LogP contribution in [0.1, 0.15) is 12.5 Å². The maximum absolute atomic E-state index is 11.6. The lowest BCUT2D eigenvalue weighted by Gasteiger charge is -2.41. The summed E-state index contributed by atoms with van der Waals surface area (Å²) in [5.41, 5.74) is 7.53. The van der Waals surface area contributed by atoms with Crippen molar-refractivity contribution in [1.29, 1.82) is 0 Å². The molecule has 1 atom stereocenters. The van der Waals surface area contributed by atoms with E-state index in [2.05, 4.69) is 5.32 Å². The predicted molar refractivity (Wildman–Crippen MR) is 66.7 cm³/mol. The molecule has 3 rings (SSSR count). The van der Waals surface area contributed by atoms with Crippen molar-refractivity contribution in [2.45, 2.75) is 18.4 Å². The molecule has 1 aromatic carbocycles. The fourth-order valence-corrected chi connectivity index (χ4v) is 2.29. The van der Waals surface area contributed by atoms with Gasteiger partial charge in [0.15, 0.2) is 6.10 Å². The Labute approximate surface area is 105 Å². The lowest BCUT2D eigenvalue weighted by molar-refractivity contribution is -0.122. The summed E-state index contributed by atoms with van der Waals surface area (Å²) >= 11 is 0. The highest BCUT2D eigenvalue weighted by molar-refractivity contribution is 5.97. The normalized spacial score (nSPS) is 24.6. The highest BCUT2D eigenvalue weighted by Gasteiger charge is 2.39. The van der Waals surface area contributed by atoms with Crippen LogP contribution < -0.4 is 15.8 Å². The number of nitrogens with two attached hydrogens (primary N) is 1. The molecule has 0 aromatic heterocycles. The quantitative estimate of drug-likeness (QED) is 0.805. The first-order valence-corrected chi connectivity index (χ1v) is 6.04. The summed E-state index contributed by atoms with van der Waals surface area (Å²) in [5, 5.41) is 2.85. The molecule has 1 unspecified atom stereocenters. The number of fused-ring (bicyclic) bond motifs is 1. The summed E-state index contributed by atoms with van der Waals surface area (Å²) in [6, 6.07) is 5.82. The standard InChI is InChI=1S/C13H16N2O3/c1-8-12(16)15-10-4-9(2-3-11(10)18-8)13(5-14)6-17-7-13/h2-4,8H,5-7,14H2,1H3,(H,15,16). The molecule has 1 saturated heterocycles. The van der Waals surface area contributed by atoms with Crippen molar-refractivity contribution in [3.8, 4) is 5.75 Å². The Balaban J connectivity index is 1.96. The SMILES string of the molecule is CC1Oc2ccc(C3(CN)COC3)cc2NC1=O. The molecular formula is C13H16N2O3. The van der Waals surface area contributed by atoms with Crippen LogP contribution in [0.15, 0.2) is 18.2 Å². The summed E-state index contributed by atoms with van der Waals surface area (Å²) in [6.07, 6.45) is -0.446. The Kier molecular flexibility index (Phi) is 2.53. The van der Waals surface area contributed by atoms with Gasteiger partial charge in [-0.15, -0.1) is 0 Å². The van der Waals surface area contributed by atoms with Crippen LogP contribution in [-0.2, 0) is 14.9 Å². The zero-order chi connectivity index (χ0) is 12.8. The van der Waals surface area contributed by atoms with E-state index >= 15 is 0 Å². The van der Waals surface area contributed by atoms with E-state index in [0.29, 0.717) is 25.5 Å². The molecule has 5 nitrogen and oxygen atoms in total. The molecule has 0 radical (unpaired) electrons. The molecule has 2 heterocycles. The van der Waals surface area contributed by atoms with Crippen molar-refractivity contribution in [3.05, 3.63) is 23.8 Å². The largest absolute Gasteiger partial charge is 0.479 e. The topological polar surface area (TPSA) is 73.6 Å². The maximum Gasteiger partial charge on any atom is 0.265 e. The number of hydrogen-bond acceptors (Lipinski definition) is 4. The van der Waals surface area contributed by atoms with Crippen LogP contribution in [-0.4, -0.2) is 31.8 Å². The molecule has 2 aliphatic rings. The van der Waals surface area contributed by atoms with E-state index in [0.717, 1.165) is 11.3 Å². The van der Waals surface area contributed by atoms with Gasteiger partial charge in [-0.1, -0.05) is 6.07 Å². The first-order valence-electron chi connectivity index (χ1n) is 6.04. The molecule has 0 saturated carbocycles. The van der Waals surface area contributed by atoms with Gasteiger partial charge in [-0.3, -0.25) is 4.79 Å². The summed E-state index contributed by atoms with van der Waals surface area (Å²) < 4.78 is 10.8. The third-order valence-corrected chi connectivity index (χ3v) is 3.67. The summed E-state index contributed by atoms with van der Waals surface area (Å²) in [4.78, 5) is 11.6. The number of benzene rings is 1. The van der Waals surface area contributed by atoms with E-state index < -0.39 is 6.10 Å². The molecule has 0 spiro atoms. The van der Waals surface area contributed by atoms with E-state index in [1.807, 2.05) is 18.2 Å². The van der Waals surface area contributed by atoms with Crippen LogP contribution >= 0.6 is 0 Å². The van der Waals surface area contributed by atoms with Gasteiger partial charge >= 0.3 is 0 Å². The van der Waals surface area contributed by atoms with Gasteiger partial charge in [0.2, 0.25) is 0 Å². The van der Waals surface area contributed by atoms with Crippen LogP contribution in [0.5, 0.6) is 5.75 Å². The Bertz CT molecular complexity index is 491. The van der Waals surface area contributed by atoms with E-state index in [1.165, 1.54) is 0 Å². The second-order valence-electron chi connectivity index (χ2n) is 4.94. The smallest absolute Gasteiger partial charge is 0.265 e. The van der Waals surface area contributed by atoms with E-state index in [1.54, 1.807) is 6.92 Å². The van der Waals surface area contributed by atoms with E-state index in [9.17, 15) is 4.79 Å². The van der Waals surface area contributed by atoms with Crippen molar-refractivity contribution in [3.63, 3.8) is 0 Å². The number of hydrogen-bond donors (Lipinski definition) is 2. The fourth-order valence-electron chi connectivity index (χ4n) is 2.29. The van der Waals surface area contributed by atoms with Gasteiger partial charge in [0.1, 0.15) is 5.75 Å². The Morgan fingerprint density at radius 1 is 1.50 bits per heavy atom. The summed E-state index contributed by atoms with van der Waals surface area (Å²) in [5.74, 6) is 0.588. The van der Waals surface area contributed by atoms with Crippen LogP contribution in [0, 0.1) is 0 Å². The molecule has 1 aromatic rings. The molecule has 0 bridgehead atoms. The molecule has 1 fully saturated rings. The average molecular weight is 248 g/mol. The number of carbonyl (C=O) groups excluding carboxylic acids is 1. The van der Waals surface area contributed by atoms with Gasteiger partial charge in [-0.25, -0.2) is 0 Å². The van der Waals surface area contributed by atoms with Gasteiger partial charge < -0.3 is 20.5 Å². The van der Waals surface area contributed by atoms with Crippen molar-refractivity contribution in [1.82, 2.24) is 0 Å². The minimum Gasteiger partial charge on any atom is -0.479 e. The average Bonchev–Trinajstić information content (AvgIpc) is 2.30. The second-order valence-corrected chi connectivity index (χ2v) is 4.94. The van der Waals surface area contributed by atoms with Crippen LogP contribution in [0.4, 0.5) is 5.69 Å². The third-order valence-electron chi connectivity index (χ3n) is 3.67. The second kappa shape index (κ2) is 3.96. The first kappa shape index (κ1) is 11.5. The van der Waals surface area contributed by atoms with Crippen LogP contribution in [0.25, 0.3) is 0 Å². The Hall–Kier alpha value is -1.59. The van der Waals surface area contributed by atoms with E-state index in [4.69, 9.17) is 15.2 Å². The zero-order valence-corrected chi connectivity index (χ0v) is 10.2. The van der Waals surface area contributed by atoms with Crippen molar-refractivity contribution in [2.24, 2.45) is 5.73 Å². The van der Waals surface area contributed by atoms with Crippen molar-refractivity contribution in [2.75, 3.05) is 25.1 Å². The number of carbonyl (C=O) groups is 1. The lowest BCUT2D eigenvalue weighted by Crippen LogP contribution is -2.52. The van der Waals surface area contributed by atoms with Gasteiger partial charge in [-0.2, -0.15) is 0 Å². The molecular weight excluding hydrogens is 232 g/mol. The number of rotatable bonds is 2. The van der Waals surface area contributed by atoms with Crippen molar-refractivity contribution < 1.29 is 14.3 Å². The van der Waals surface area contributed by atoms with Gasteiger partial charge in [0.05, 0.1) is 24.3 Å². The van der Waals surface area contributed by atoms with Gasteiger partial charge in [0.25, 0.3) is 5.91 Å². The zero-order valence-electron chi connectivity index (χ0n) is 10.2. The molecule has 5 heteroatoms. The molecule has 2 aliphatic heterocycles. The van der Waals surface area contributed by atoms with Crippen LogP contribution in [0.3, 0.4) is 0 Å². The predicted octanol–water partition coefficient (Wildman–Crippen LogP) is 0.633. The highest BCUT2D eigenvalue weighted by atomic mass is 16.5. The molecule has 18 heavy (non-hydrogen) atoms. The molecule has 0 aliphatic carbocycles. The van der Waals surface area contributed by atoms with Gasteiger partial charge in [-0.05, 0) is 24.6 Å². The minimum atomic E-state index is -0.446. The minimum absolute atomic E-state index is 0.108. The monoisotopic (exact) mass is 248 g/mol. The summed E-state index contributed by atoms with van der Waals surface area (Å²) in [7, 11) is 0. The Morgan fingerprint density at radius 2 is 2.28 bits per heavy atom. The number of amides is 1. The number of anilines is 1. The van der Waals surface area contributed by atoms with Crippen molar-refractivity contribution >= 4 is 11.6 Å². The van der Waals surface area contributed by atoms with E-state index in [-0.39, 0.29) is 11.3 Å². The highest BCUT2D eigenvalue weighted by Crippen LogP contribution is 2.37. The van der Waals surface area contributed by atoms with Crippen LogP contribution in [0.2, 0.25) is 0 Å². The first-order chi connectivity index (χ1) is 8.64. The lowest BCUT2D eigenvalue weighted by atomic mass is 9.78.